The van der Waals surface area contributed by atoms with Gasteiger partial charge in [-0.05, 0) is 55.3 Å². The third kappa shape index (κ3) is 5.51. The number of nitrogens with one attached hydrogen (secondary N) is 3. The number of rotatable bonds is 7. The first-order valence-corrected chi connectivity index (χ1v) is 11.7. The van der Waals surface area contributed by atoms with Crippen LogP contribution in [0.15, 0.2) is 48.5 Å². The Hall–Kier alpha value is -3.72. The maximum absolute atomic E-state index is 13.5. The number of ether oxygens (including phenoxy) is 1. The number of amides is 4. The summed E-state index contributed by atoms with van der Waals surface area (Å²) in [5.41, 5.74) is 3.58. The zero-order valence-electron chi connectivity index (χ0n) is 19.7. The molecule has 4 rings (SSSR count). The molecule has 1 saturated heterocycles. The zero-order valence-corrected chi connectivity index (χ0v) is 20.5. The minimum atomic E-state index is -0.815. The van der Waals surface area contributed by atoms with E-state index in [0.29, 0.717) is 5.02 Å². The van der Waals surface area contributed by atoms with Crippen molar-refractivity contribution in [1.82, 2.24) is 15.1 Å². The lowest BCUT2D eigenvalue weighted by atomic mass is 10.1. The molecule has 2 unspecified atom stereocenters. The highest BCUT2D eigenvalue weighted by Crippen LogP contribution is 2.28. The number of esters is 1. The lowest BCUT2D eigenvalue weighted by Gasteiger charge is -2.43. The average Bonchev–Trinajstić information content (AvgIpc) is 2.82. The Morgan fingerprint density at radius 1 is 1.17 bits per heavy atom. The van der Waals surface area contributed by atoms with E-state index >= 15 is 0 Å². The van der Waals surface area contributed by atoms with E-state index in [0.717, 1.165) is 27.4 Å². The summed E-state index contributed by atoms with van der Waals surface area (Å²) in [5.74, 6) is -0.507. The van der Waals surface area contributed by atoms with E-state index in [1.807, 2.05) is 36.4 Å². The number of hydrogen-bond acceptors (Lipinski definition) is 6. The maximum atomic E-state index is 13.5. The lowest BCUT2D eigenvalue weighted by Crippen LogP contribution is -2.68. The van der Waals surface area contributed by atoms with E-state index in [1.165, 1.54) is 12.0 Å². The highest BCUT2D eigenvalue weighted by atomic mass is 35.5. The molecule has 3 atom stereocenters. The van der Waals surface area contributed by atoms with Crippen LogP contribution in [0, 0.1) is 0 Å². The van der Waals surface area contributed by atoms with Crippen molar-refractivity contribution in [3.05, 3.63) is 64.7 Å². The summed E-state index contributed by atoms with van der Waals surface area (Å²) in [4.78, 5) is 40.8. The predicted molar refractivity (Wildman–Crippen MR) is 135 cm³/mol. The van der Waals surface area contributed by atoms with Gasteiger partial charge < -0.3 is 15.4 Å². The molecule has 1 fully saturated rings. The number of urea groups is 2. The Kier molecular flexibility index (Phi) is 7.16. The van der Waals surface area contributed by atoms with Crippen molar-refractivity contribution in [2.75, 3.05) is 17.7 Å². The average molecular weight is 498 g/mol. The van der Waals surface area contributed by atoms with Gasteiger partial charge in [0.1, 0.15) is 0 Å². The Morgan fingerprint density at radius 3 is 2.63 bits per heavy atom. The van der Waals surface area contributed by atoms with E-state index in [-0.39, 0.29) is 19.0 Å². The fourth-order valence-electron chi connectivity index (χ4n) is 4.09. The van der Waals surface area contributed by atoms with Gasteiger partial charge in [-0.1, -0.05) is 35.9 Å². The molecule has 0 aliphatic carbocycles. The Morgan fingerprint density at radius 2 is 1.91 bits per heavy atom. The van der Waals surface area contributed by atoms with Crippen LogP contribution in [0.1, 0.15) is 31.4 Å². The monoisotopic (exact) mass is 497 g/mol. The number of fused-ring (bicyclic) bond motifs is 1. The molecule has 184 valence electrons. The number of imide groups is 1. The standard InChI is InChI=1S/C25H28ClN5O4/c1-15-4-7-18-13-20(10-11-21(18)27-15)28-23-29-24(33)31(16(2)12-22(32)35-3)25(34)30(23)14-17-5-8-19(26)9-6-17/h4-11,13,15-16,23,27-28H,12,14H2,1-3H3,(H,29,33)/t15?,16-,23?/m0/s1. The molecular weight excluding hydrogens is 470 g/mol. The van der Waals surface area contributed by atoms with Crippen LogP contribution in [-0.2, 0) is 16.1 Å². The van der Waals surface area contributed by atoms with Crippen molar-refractivity contribution >= 4 is 47.1 Å². The summed E-state index contributed by atoms with van der Waals surface area (Å²) in [5, 5.41) is 10.1. The van der Waals surface area contributed by atoms with Gasteiger partial charge in [0.2, 0.25) is 0 Å². The Balaban J connectivity index is 1.60. The van der Waals surface area contributed by atoms with Crippen LogP contribution in [0.3, 0.4) is 0 Å². The molecule has 0 saturated carbocycles. The van der Waals surface area contributed by atoms with Gasteiger partial charge in [0.15, 0.2) is 6.29 Å². The van der Waals surface area contributed by atoms with Crippen molar-refractivity contribution in [3.8, 4) is 0 Å². The van der Waals surface area contributed by atoms with Crippen molar-refractivity contribution < 1.29 is 19.1 Å². The molecule has 2 aliphatic heterocycles. The fraction of sp³-hybridized carbons (Fsp3) is 0.320. The van der Waals surface area contributed by atoms with Crippen LogP contribution in [0.4, 0.5) is 21.0 Å². The highest BCUT2D eigenvalue weighted by molar-refractivity contribution is 6.30. The van der Waals surface area contributed by atoms with Crippen LogP contribution in [0.2, 0.25) is 5.02 Å². The molecule has 4 amide bonds. The molecule has 2 aliphatic rings. The summed E-state index contributed by atoms with van der Waals surface area (Å²) in [6, 6.07) is 11.4. The molecule has 0 bridgehead atoms. The first-order valence-electron chi connectivity index (χ1n) is 11.3. The summed E-state index contributed by atoms with van der Waals surface area (Å²) in [7, 11) is 1.27. The van der Waals surface area contributed by atoms with Crippen molar-refractivity contribution in [3.63, 3.8) is 0 Å². The van der Waals surface area contributed by atoms with Crippen molar-refractivity contribution in [2.45, 2.75) is 45.2 Å². The van der Waals surface area contributed by atoms with Gasteiger partial charge in [-0.15, -0.1) is 0 Å². The van der Waals surface area contributed by atoms with E-state index in [4.69, 9.17) is 16.3 Å². The van der Waals surface area contributed by atoms with Crippen LogP contribution in [0.25, 0.3) is 6.08 Å². The SMILES string of the molecule is COC(=O)C[C@H](C)N1C(=O)NC(Nc2ccc3c(c2)C=CC(C)N3)N(Cc2ccc(Cl)cc2)C1=O. The normalized spacial score (nSPS) is 20.0. The molecule has 2 aromatic rings. The first kappa shape index (κ1) is 24.4. The number of methoxy groups -OCH3 is 1. The number of carbonyl (C=O) groups is 3. The summed E-state index contributed by atoms with van der Waals surface area (Å²) in [6.45, 7) is 3.90. The number of hydrogen-bond donors (Lipinski definition) is 3. The van der Waals surface area contributed by atoms with Crippen LogP contribution in [0.5, 0.6) is 0 Å². The van der Waals surface area contributed by atoms with E-state index in [1.54, 1.807) is 19.1 Å². The zero-order chi connectivity index (χ0) is 25.1. The number of nitrogens with zero attached hydrogens (tertiary/aromatic N) is 2. The molecule has 10 heteroatoms. The molecule has 35 heavy (non-hydrogen) atoms. The summed E-state index contributed by atoms with van der Waals surface area (Å²) in [6.07, 6.45) is 3.18. The van der Waals surface area contributed by atoms with Crippen molar-refractivity contribution in [1.29, 1.82) is 0 Å². The third-order valence-electron chi connectivity index (χ3n) is 5.94. The third-order valence-corrected chi connectivity index (χ3v) is 6.19. The van der Waals surface area contributed by atoms with Gasteiger partial charge in [0.25, 0.3) is 0 Å². The second-order valence-electron chi connectivity index (χ2n) is 8.63. The fourth-order valence-corrected chi connectivity index (χ4v) is 4.21. The van der Waals surface area contributed by atoms with Gasteiger partial charge in [-0.3, -0.25) is 15.0 Å². The largest absolute Gasteiger partial charge is 0.469 e. The highest BCUT2D eigenvalue weighted by Gasteiger charge is 2.41. The van der Waals surface area contributed by atoms with Crippen molar-refractivity contribution in [2.24, 2.45) is 0 Å². The van der Waals surface area contributed by atoms with Gasteiger partial charge in [0, 0.05) is 22.4 Å². The van der Waals surface area contributed by atoms with Crippen LogP contribution in [-0.4, -0.2) is 53.3 Å². The molecule has 9 nitrogen and oxygen atoms in total. The molecule has 2 heterocycles. The molecular formula is C25H28ClN5O4. The number of anilines is 2. The topological polar surface area (TPSA) is 103 Å². The quantitative estimate of drug-likeness (QED) is 0.488. The van der Waals surface area contributed by atoms with Gasteiger partial charge >= 0.3 is 18.0 Å². The second kappa shape index (κ2) is 10.3. The van der Waals surface area contributed by atoms with Gasteiger partial charge in [-0.25, -0.2) is 14.5 Å². The second-order valence-corrected chi connectivity index (χ2v) is 9.06. The minimum Gasteiger partial charge on any atom is -0.469 e. The molecule has 0 radical (unpaired) electrons. The van der Waals surface area contributed by atoms with Crippen LogP contribution < -0.4 is 16.0 Å². The van der Waals surface area contributed by atoms with E-state index < -0.39 is 30.4 Å². The first-order chi connectivity index (χ1) is 16.7. The van der Waals surface area contributed by atoms with Gasteiger partial charge in [0.05, 0.1) is 26.1 Å². The Bertz CT molecular complexity index is 1150. The number of benzene rings is 2. The minimum absolute atomic E-state index is 0.106. The number of carbonyl (C=O) groups excluding carboxylic acids is 3. The van der Waals surface area contributed by atoms with Gasteiger partial charge in [-0.2, -0.15) is 0 Å². The summed E-state index contributed by atoms with van der Waals surface area (Å²) >= 11 is 6.02. The summed E-state index contributed by atoms with van der Waals surface area (Å²) < 4.78 is 4.71. The van der Waals surface area contributed by atoms with Crippen LogP contribution >= 0.6 is 11.6 Å². The smallest absolute Gasteiger partial charge is 0.331 e. The molecule has 2 aromatic carbocycles. The van der Waals surface area contributed by atoms with E-state index in [2.05, 4.69) is 29.0 Å². The number of halogens is 1. The molecule has 0 aromatic heterocycles. The Labute approximate surface area is 209 Å². The lowest BCUT2D eigenvalue weighted by molar-refractivity contribution is -0.141. The maximum Gasteiger partial charge on any atom is 0.331 e. The predicted octanol–water partition coefficient (Wildman–Crippen LogP) is 4.46. The molecule has 0 spiro atoms. The van der Waals surface area contributed by atoms with E-state index in [9.17, 15) is 14.4 Å². The molecule has 3 N–H and O–H groups in total.